The molecule has 132 valence electrons. The standard InChI is InChI=1S/C18H25NO3S2/c1-2-22-18(21)16-13-9-6-10-14(13)24-17(16)19-15(20)11-23-12-7-4-3-5-8-12/h12H,2-11H2,1H3,(H,19,20). The van der Waals surface area contributed by atoms with Crippen molar-refractivity contribution in [1.82, 2.24) is 0 Å². The van der Waals surface area contributed by atoms with Crippen LogP contribution >= 0.6 is 23.1 Å². The fourth-order valence-electron chi connectivity index (χ4n) is 3.50. The SMILES string of the molecule is CCOC(=O)c1c(NC(=O)CSC2CCCCC2)sc2c1CCC2. The van der Waals surface area contributed by atoms with Crippen LogP contribution in [0, 0.1) is 0 Å². The number of thioether (sulfide) groups is 1. The topological polar surface area (TPSA) is 55.4 Å². The Balaban J connectivity index is 1.63. The van der Waals surface area contributed by atoms with Crippen LogP contribution in [0.3, 0.4) is 0 Å². The molecule has 0 spiro atoms. The Morgan fingerprint density at radius 1 is 1.21 bits per heavy atom. The van der Waals surface area contributed by atoms with Crippen LogP contribution in [0.25, 0.3) is 0 Å². The van der Waals surface area contributed by atoms with Gasteiger partial charge in [0.25, 0.3) is 0 Å². The van der Waals surface area contributed by atoms with Gasteiger partial charge in [0, 0.05) is 10.1 Å². The fourth-order valence-corrected chi connectivity index (χ4v) is 5.92. The van der Waals surface area contributed by atoms with Crippen molar-refractivity contribution in [1.29, 1.82) is 0 Å². The number of carbonyl (C=O) groups is 2. The van der Waals surface area contributed by atoms with Crippen LogP contribution in [0.15, 0.2) is 0 Å². The fraction of sp³-hybridized carbons (Fsp3) is 0.667. The number of anilines is 1. The molecule has 24 heavy (non-hydrogen) atoms. The first-order valence-corrected chi connectivity index (χ1v) is 10.8. The monoisotopic (exact) mass is 367 g/mol. The number of carbonyl (C=O) groups excluding carboxylic acids is 2. The summed E-state index contributed by atoms with van der Waals surface area (Å²) in [7, 11) is 0. The van der Waals surface area contributed by atoms with Gasteiger partial charge in [-0.3, -0.25) is 4.79 Å². The largest absolute Gasteiger partial charge is 0.462 e. The van der Waals surface area contributed by atoms with Gasteiger partial charge in [0.15, 0.2) is 0 Å². The van der Waals surface area contributed by atoms with E-state index in [1.165, 1.54) is 37.0 Å². The second-order valence-electron chi connectivity index (χ2n) is 6.40. The molecular formula is C18H25NO3S2. The second kappa shape index (κ2) is 8.39. The van der Waals surface area contributed by atoms with Crippen molar-refractivity contribution in [2.75, 3.05) is 17.7 Å². The Bertz CT molecular complexity index is 606. The lowest BCUT2D eigenvalue weighted by Gasteiger charge is -2.20. The third-order valence-electron chi connectivity index (χ3n) is 4.66. The number of ether oxygens (including phenoxy) is 1. The van der Waals surface area contributed by atoms with Crippen LogP contribution < -0.4 is 5.32 Å². The quantitative estimate of drug-likeness (QED) is 0.756. The van der Waals surface area contributed by atoms with Gasteiger partial charge in [-0.2, -0.15) is 0 Å². The first-order chi connectivity index (χ1) is 11.7. The molecule has 1 heterocycles. The van der Waals surface area contributed by atoms with Gasteiger partial charge in [-0.05, 0) is 44.6 Å². The summed E-state index contributed by atoms with van der Waals surface area (Å²) in [5, 5.41) is 4.28. The summed E-state index contributed by atoms with van der Waals surface area (Å²) in [4.78, 5) is 25.9. The predicted molar refractivity (Wildman–Crippen MR) is 100 cm³/mol. The molecule has 0 aliphatic heterocycles. The van der Waals surface area contributed by atoms with Crippen LogP contribution in [0.5, 0.6) is 0 Å². The number of amides is 1. The van der Waals surface area contributed by atoms with Crippen LogP contribution in [0.1, 0.15) is 66.2 Å². The summed E-state index contributed by atoms with van der Waals surface area (Å²) in [5.74, 6) is 0.165. The highest BCUT2D eigenvalue weighted by molar-refractivity contribution is 8.00. The molecule has 6 heteroatoms. The molecule has 0 aromatic carbocycles. The van der Waals surface area contributed by atoms with Crippen molar-refractivity contribution in [3.8, 4) is 0 Å². The van der Waals surface area contributed by atoms with Gasteiger partial charge in [0.1, 0.15) is 5.00 Å². The molecule has 4 nitrogen and oxygen atoms in total. The van der Waals surface area contributed by atoms with E-state index in [0.29, 0.717) is 28.2 Å². The summed E-state index contributed by atoms with van der Waals surface area (Å²) >= 11 is 3.31. The smallest absolute Gasteiger partial charge is 0.341 e. The number of fused-ring (bicyclic) bond motifs is 1. The zero-order chi connectivity index (χ0) is 16.9. The van der Waals surface area contributed by atoms with Crippen molar-refractivity contribution in [3.05, 3.63) is 16.0 Å². The number of rotatable bonds is 6. The van der Waals surface area contributed by atoms with E-state index in [1.54, 1.807) is 23.1 Å². The maximum Gasteiger partial charge on any atom is 0.341 e. The van der Waals surface area contributed by atoms with E-state index in [4.69, 9.17) is 4.74 Å². The zero-order valence-electron chi connectivity index (χ0n) is 14.2. The van der Waals surface area contributed by atoms with E-state index in [0.717, 1.165) is 24.8 Å². The maximum atomic E-state index is 12.3. The second-order valence-corrected chi connectivity index (χ2v) is 8.79. The Labute approximate surface area is 151 Å². The number of esters is 1. The lowest BCUT2D eigenvalue weighted by molar-refractivity contribution is -0.113. The van der Waals surface area contributed by atoms with Crippen LogP contribution in [0.4, 0.5) is 5.00 Å². The molecule has 3 rings (SSSR count). The normalized spacial score (nSPS) is 17.5. The van der Waals surface area contributed by atoms with Crippen molar-refractivity contribution in [3.63, 3.8) is 0 Å². The van der Waals surface area contributed by atoms with E-state index < -0.39 is 0 Å². The minimum Gasteiger partial charge on any atom is -0.462 e. The molecule has 0 atom stereocenters. The summed E-state index contributed by atoms with van der Waals surface area (Å²) in [5.41, 5.74) is 1.69. The lowest BCUT2D eigenvalue weighted by atomic mass is 10.0. The highest BCUT2D eigenvalue weighted by Crippen LogP contribution is 2.39. The molecular weight excluding hydrogens is 342 g/mol. The molecule has 1 aromatic rings. The number of hydrogen-bond donors (Lipinski definition) is 1. The molecule has 1 N–H and O–H groups in total. The number of nitrogens with one attached hydrogen (secondary N) is 1. The molecule has 0 saturated heterocycles. The van der Waals surface area contributed by atoms with Gasteiger partial charge >= 0.3 is 5.97 Å². The summed E-state index contributed by atoms with van der Waals surface area (Å²) in [6.07, 6.45) is 9.32. The van der Waals surface area contributed by atoms with E-state index in [9.17, 15) is 9.59 Å². The third kappa shape index (κ3) is 4.14. The van der Waals surface area contributed by atoms with Crippen molar-refractivity contribution in [2.45, 2.75) is 63.5 Å². The third-order valence-corrected chi connectivity index (χ3v) is 7.24. The van der Waals surface area contributed by atoms with E-state index in [1.807, 2.05) is 6.92 Å². The average Bonchev–Trinajstić information content (AvgIpc) is 3.14. The van der Waals surface area contributed by atoms with Gasteiger partial charge in [0.05, 0.1) is 17.9 Å². The van der Waals surface area contributed by atoms with Crippen LogP contribution in [-0.2, 0) is 22.4 Å². The Morgan fingerprint density at radius 3 is 2.75 bits per heavy atom. The molecule has 1 amide bonds. The number of thiophene rings is 1. The minimum absolute atomic E-state index is 0.00366. The average molecular weight is 368 g/mol. The van der Waals surface area contributed by atoms with Crippen molar-refractivity contribution < 1.29 is 14.3 Å². The van der Waals surface area contributed by atoms with Gasteiger partial charge in [-0.1, -0.05) is 19.3 Å². The van der Waals surface area contributed by atoms with Crippen LogP contribution in [-0.4, -0.2) is 29.5 Å². The summed E-state index contributed by atoms with van der Waals surface area (Å²) in [6.45, 7) is 2.16. The van der Waals surface area contributed by atoms with E-state index in [-0.39, 0.29) is 11.9 Å². The molecule has 1 fully saturated rings. The van der Waals surface area contributed by atoms with Crippen molar-refractivity contribution >= 4 is 40.0 Å². The van der Waals surface area contributed by atoms with Gasteiger partial charge in [-0.25, -0.2) is 4.79 Å². The molecule has 1 aromatic heterocycles. The molecule has 0 radical (unpaired) electrons. The summed E-state index contributed by atoms with van der Waals surface area (Å²) in [6, 6.07) is 0. The molecule has 0 bridgehead atoms. The molecule has 2 aliphatic carbocycles. The molecule has 2 aliphatic rings. The van der Waals surface area contributed by atoms with Crippen molar-refractivity contribution in [2.24, 2.45) is 0 Å². The lowest BCUT2D eigenvalue weighted by Crippen LogP contribution is -2.19. The maximum absolute atomic E-state index is 12.3. The molecule has 1 saturated carbocycles. The van der Waals surface area contributed by atoms with Gasteiger partial charge < -0.3 is 10.1 Å². The minimum atomic E-state index is -0.299. The highest BCUT2D eigenvalue weighted by Gasteiger charge is 2.28. The van der Waals surface area contributed by atoms with Crippen LogP contribution in [0.2, 0.25) is 0 Å². The summed E-state index contributed by atoms with van der Waals surface area (Å²) < 4.78 is 5.20. The molecule has 0 unspecified atom stereocenters. The first-order valence-electron chi connectivity index (χ1n) is 8.92. The Morgan fingerprint density at radius 2 is 2.00 bits per heavy atom. The Hall–Kier alpha value is -1.01. The van der Waals surface area contributed by atoms with E-state index in [2.05, 4.69) is 5.32 Å². The van der Waals surface area contributed by atoms with Gasteiger partial charge in [0.2, 0.25) is 5.91 Å². The first kappa shape index (κ1) is 17.8. The van der Waals surface area contributed by atoms with E-state index >= 15 is 0 Å². The van der Waals surface area contributed by atoms with Gasteiger partial charge in [-0.15, -0.1) is 23.1 Å². The number of aryl methyl sites for hydroxylation is 1. The number of hydrogen-bond acceptors (Lipinski definition) is 5. The zero-order valence-corrected chi connectivity index (χ0v) is 15.8. The highest BCUT2D eigenvalue weighted by atomic mass is 32.2. The Kier molecular flexibility index (Phi) is 6.22. The predicted octanol–water partition coefficient (Wildman–Crippen LogP) is 4.42.